The van der Waals surface area contributed by atoms with E-state index in [1.54, 1.807) is 0 Å². The van der Waals surface area contributed by atoms with Crippen molar-refractivity contribution in [2.45, 2.75) is 33.2 Å². The third kappa shape index (κ3) is 5.32. The lowest BCUT2D eigenvalue weighted by atomic mass is 10.0. The van der Waals surface area contributed by atoms with E-state index in [0.29, 0.717) is 11.0 Å². The first-order chi connectivity index (χ1) is 11.3. The van der Waals surface area contributed by atoms with Crippen LogP contribution in [-0.4, -0.2) is 36.5 Å². The number of carbonyl (C=O) groups excluding carboxylic acids is 1. The molecule has 0 spiro atoms. The highest BCUT2D eigenvalue weighted by Gasteiger charge is 2.12. The number of rotatable bonds is 7. The highest BCUT2D eigenvalue weighted by atomic mass is 32.1. The monoisotopic (exact) mass is 347 g/mol. The minimum absolute atomic E-state index is 0.0221. The first-order valence-corrected chi connectivity index (χ1v) is 8.85. The Hall–Kier alpha value is -1.92. The summed E-state index contributed by atoms with van der Waals surface area (Å²) in [6.45, 7) is 6.97. The summed E-state index contributed by atoms with van der Waals surface area (Å²) in [4.78, 5) is 18.5. The third-order valence-corrected chi connectivity index (χ3v) is 4.23. The molecule has 2 rings (SSSR count). The number of thiazole rings is 1. The van der Waals surface area contributed by atoms with Crippen molar-refractivity contribution in [1.82, 2.24) is 9.88 Å². The first kappa shape index (κ1) is 18.4. The van der Waals surface area contributed by atoms with E-state index in [2.05, 4.69) is 36.3 Å². The predicted octanol–water partition coefficient (Wildman–Crippen LogP) is 3.65. The molecule has 1 heterocycles. The number of aryl methyl sites for hydroxylation is 1. The summed E-state index contributed by atoms with van der Waals surface area (Å²) in [5, 5.41) is 5.35. The summed E-state index contributed by atoms with van der Waals surface area (Å²) in [5.41, 5.74) is 3.17. The Kier molecular flexibility index (Phi) is 6.34. The van der Waals surface area contributed by atoms with Gasteiger partial charge in [0.15, 0.2) is 11.7 Å². The lowest BCUT2D eigenvalue weighted by Crippen LogP contribution is -2.20. The molecular weight excluding hydrogens is 322 g/mol. The van der Waals surface area contributed by atoms with E-state index in [0.717, 1.165) is 29.1 Å². The van der Waals surface area contributed by atoms with E-state index < -0.39 is 0 Å². The van der Waals surface area contributed by atoms with Crippen LogP contribution in [0.25, 0.3) is 0 Å². The zero-order valence-corrected chi connectivity index (χ0v) is 15.7. The molecular formula is C18H25N3O2S. The molecule has 0 unspecified atom stereocenters. The molecule has 1 aromatic heterocycles. The summed E-state index contributed by atoms with van der Waals surface area (Å²) < 4.78 is 5.74. The SMILES string of the molecule is Cc1ccc(C(C)C)c(OCC(=O)Nc2nc(CN(C)C)cs2)c1. The molecule has 0 bridgehead atoms. The normalized spacial score (nSPS) is 11.1. The smallest absolute Gasteiger partial charge is 0.264 e. The van der Waals surface area contributed by atoms with Gasteiger partial charge in [0.25, 0.3) is 5.91 Å². The Balaban J connectivity index is 1.94. The summed E-state index contributed by atoms with van der Waals surface area (Å²) in [6.07, 6.45) is 0. The highest BCUT2D eigenvalue weighted by Crippen LogP contribution is 2.27. The number of nitrogens with one attached hydrogen (secondary N) is 1. The van der Waals surface area contributed by atoms with Crippen LogP contribution >= 0.6 is 11.3 Å². The maximum Gasteiger partial charge on any atom is 0.264 e. The molecule has 24 heavy (non-hydrogen) atoms. The van der Waals surface area contributed by atoms with Gasteiger partial charge in [-0.05, 0) is 44.1 Å². The third-order valence-electron chi connectivity index (χ3n) is 3.43. The number of hydrogen-bond acceptors (Lipinski definition) is 5. The number of hydrogen-bond donors (Lipinski definition) is 1. The van der Waals surface area contributed by atoms with Crippen LogP contribution in [0.2, 0.25) is 0 Å². The number of ether oxygens (including phenoxy) is 1. The van der Waals surface area contributed by atoms with Crippen LogP contribution in [-0.2, 0) is 11.3 Å². The van der Waals surface area contributed by atoms with E-state index >= 15 is 0 Å². The standard InChI is InChI=1S/C18H25N3O2S/c1-12(2)15-7-6-13(3)8-16(15)23-10-17(22)20-18-19-14(11-24-18)9-21(4)5/h6-8,11-12H,9-10H2,1-5H3,(H,19,20,22). The van der Waals surface area contributed by atoms with Crippen molar-refractivity contribution in [3.8, 4) is 5.75 Å². The second kappa shape index (κ2) is 8.26. The fourth-order valence-corrected chi connectivity index (χ4v) is 3.02. The van der Waals surface area contributed by atoms with Gasteiger partial charge in [0.1, 0.15) is 5.75 Å². The van der Waals surface area contributed by atoms with Gasteiger partial charge < -0.3 is 9.64 Å². The number of benzene rings is 1. The number of anilines is 1. The fourth-order valence-electron chi connectivity index (χ4n) is 2.30. The second-order valence-electron chi connectivity index (χ2n) is 6.41. The number of aromatic nitrogens is 1. The van der Waals surface area contributed by atoms with Crippen LogP contribution in [0.15, 0.2) is 23.6 Å². The zero-order chi connectivity index (χ0) is 17.7. The van der Waals surface area contributed by atoms with Crippen LogP contribution < -0.4 is 10.1 Å². The maximum atomic E-state index is 12.1. The lowest BCUT2D eigenvalue weighted by Gasteiger charge is -2.14. The molecule has 0 aliphatic rings. The van der Waals surface area contributed by atoms with Crippen molar-refractivity contribution in [3.05, 3.63) is 40.4 Å². The molecule has 0 aliphatic heterocycles. The van der Waals surface area contributed by atoms with Gasteiger partial charge in [-0.2, -0.15) is 0 Å². The van der Waals surface area contributed by atoms with Crippen molar-refractivity contribution in [3.63, 3.8) is 0 Å². The Bertz CT molecular complexity index is 695. The van der Waals surface area contributed by atoms with Gasteiger partial charge in [-0.3, -0.25) is 10.1 Å². The minimum Gasteiger partial charge on any atom is -0.483 e. The van der Waals surface area contributed by atoms with E-state index in [9.17, 15) is 4.79 Å². The number of carbonyl (C=O) groups is 1. The lowest BCUT2D eigenvalue weighted by molar-refractivity contribution is -0.118. The summed E-state index contributed by atoms with van der Waals surface area (Å²) in [5.74, 6) is 0.917. The van der Waals surface area contributed by atoms with Gasteiger partial charge in [0.05, 0.1) is 5.69 Å². The number of amides is 1. The van der Waals surface area contributed by atoms with Crippen molar-refractivity contribution in [2.75, 3.05) is 26.0 Å². The molecule has 5 nitrogen and oxygen atoms in total. The molecule has 130 valence electrons. The largest absolute Gasteiger partial charge is 0.483 e. The zero-order valence-electron chi connectivity index (χ0n) is 14.9. The van der Waals surface area contributed by atoms with Crippen molar-refractivity contribution < 1.29 is 9.53 Å². The van der Waals surface area contributed by atoms with Crippen LogP contribution in [0.5, 0.6) is 5.75 Å². The summed E-state index contributed by atoms with van der Waals surface area (Å²) in [7, 11) is 3.97. The molecule has 0 fully saturated rings. The topological polar surface area (TPSA) is 54.5 Å². The van der Waals surface area contributed by atoms with Gasteiger partial charge in [-0.25, -0.2) is 4.98 Å². The average molecular weight is 347 g/mol. The number of nitrogens with zero attached hydrogens (tertiary/aromatic N) is 2. The molecule has 1 amide bonds. The Morgan fingerprint density at radius 2 is 2.12 bits per heavy atom. The summed E-state index contributed by atoms with van der Waals surface area (Å²) >= 11 is 1.43. The Morgan fingerprint density at radius 1 is 1.38 bits per heavy atom. The summed E-state index contributed by atoms with van der Waals surface area (Å²) in [6, 6.07) is 6.09. The molecule has 0 saturated heterocycles. The van der Waals surface area contributed by atoms with Gasteiger partial charge in [0.2, 0.25) is 0 Å². The van der Waals surface area contributed by atoms with Gasteiger partial charge in [0, 0.05) is 11.9 Å². The highest BCUT2D eigenvalue weighted by molar-refractivity contribution is 7.13. The van der Waals surface area contributed by atoms with Crippen molar-refractivity contribution >= 4 is 22.4 Å². The second-order valence-corrected chi connectivity index (χ2v) is 7.27. The molecule has 1 N–H and O–H groups in total. The average Bonchev–Trinajstić information content (AvgIpc) is 2.91. The quantitative estimate of drug-likeness (QED) is 0.830. The molecule has 2 aromatic rings. The van der Waals surface area contributed by atoms with Gasteiger partial charge >= 0.3 is 0 Å². The minimum atomic E-state index is -0.197. The Labute approximate surface area is 147 Å². The van der Waals surface area contributed by atoms with E-state index in [4.69, 9.17) is 4.74 Å². The molecule has 0 radical (unpaired) electrons. The van der Waals surface area contributed by atoms with Crippen LogP contribution in [0.4, 0.5) is 5.13 Å². The molecule has 1 aromatic carbocycles. The van der Waals surface area contributed by atoms with Crippen LogP contribution in [0.1, 0.15) is 36.6 Å². The molecule has 0 atom stereocenters. The van der Waals surface area contributed by atoms with Gasteiger partial charge in [-0.1, -0.05) is 26.0 Å². The molecule has 6 heteroatoms. The fraction of sp³-hybridized carbons (Fsp3) is 0.444. The maximum absolute atomic E-state index is 12.1. The van der Waals surface area contributed by atoms with Crippen LogP contribution in [0.3, 0.4) is 0 Å². The van der Waals surface area contributed by atoms with E-state index in [1.807, 2.05) is 37.4 Å². The van der Waals surface area contributed by atoms with Gasteiger partial charge in [-0.15, -0.1) is 11.3 Å². The molecule has 0 saturated carbocycles. The van der Waals surface area contributed by atoms with E-state index in [-0.39, 0.29) is 12.5 Å². The van der Waals surface area contributed by atoms with Crippen LogP contribution in [0, 0.1) is 6.92 Å². The predicted molar refractivity (Wildman–Crippen MR) is 98.9 cm³/mol. The van der Waals surface area contributed by atoms with Crippen molar-refractivity contribution in [1.29, 1.82) is 0 Å². The molecule has 0 aliphatic carbocycles. The first-order valence-electron chi connectivity index (χ1n) is 7.97. The van der Waals surface area contributed by atoms with Crippen molar-refractivity contribution in [2.24, 2.45) is 0 Å². The van der Waals surface area contributed by atoms with E-state index in [1.165, 1.54) is 11.3 Å². The Morgan fingerprint density at radius 3 is 2.79 bits per heavy atom.